The summed E-state index contributed by atoms with van der Waals surface area (Å²) in [5, 5.41) is 0. The quantitative estimate of drug-likeness (QED) is 0.621. The highest BCUT2D eigenvalue weighted by Gasteiger charge is 2.15. The fraction of sp³-hybridized carbons (Fsp3) is 0.875. The van der Waals surface area contributed by atoms with E-state index in [1.165, 1.54) is 7.11 Å². The number of esters is 1. The SMILES string of the molecule is CC[C@@H](C)C[C@@H](N)C(=O)OC. The van der Waals surface area contributed by atoms with E-state index < -0.39 is 6.04 Å². The minimum atomic E-state index is -0.449. The van der Waals surface area contributed by atoms with Crippen LogP contribution in [0.25, 0.3) is 0 Å². The molecule has 3 nitrogen and oxygen atoms in total. The molecule has 0 saturated carbocycles. The first-order valence-electron chi connectivity index (χ1n) is 3.95. The molecule has 0 aromatic rings. The molecule has 0 amide bonds. The smallest absolute Gasteiger partial charge is 0.322 e. The first-order valence-corrected chi connectivity index (χ1v) is 3.95. The predicted molar refractivity (Wildman–Crippen MR) is 44.1 cm³/mol. The van der Waals surface area contributed by atoms with Crippen molar-refractivity contribution in [2.75, 3.05) is 7.11 Å². The highest BCUT2D eigenvalue weighted by Crippen LogP contribution is 2.08. The molecule has 2 atom stereocenters. The molecule has 0 saturated heterocycles. The molecule has 0 bridgehead atoms. The number of ether oxygens (including phenoxy) is 1. The molecule has 0 unspecified atom stereocenters. The highest BCUT2D eigenvalue weighted by atomic mass is 16.5. The molecule has 0 aliphatic rings. The lowest BCUT2D eigenvalue weighted by molar-refractivity contribution is -0.142. The summed E-state index contributed by atoms with van der Waals surface area (Å²) in [6, 6.07) is -0.449. The first-order chi connectivity index (χ1) is 5.11. The second-order valence-corrected chi connectivity index (χ2v) is 2.88. The summed E-state index contributed by atoms with van der Waals surface area (Å²) >= 11 is 0. The average Bonchev–Trinajstić information content (AvgIpc) is 2.02. The van der Waals surface area contributed by atoms with Gasteiger partial charge in [0, 0.05) is 0 Å². The van der Waals surface area contributed by atoms with Gasteiger partial charge in [-0.2, -0.15) is 0 Å². The Kier molecular flexibility index (Phi) is 4.86. The normalized spacial score (nSPS) is 15.6. The maximum atomic E-state index is 10.8. The molecule has 0 heterocycles. The Hall–Kier alpha value is -0.570. The Balaban J connectivity index is 3.67. The molecule has 0 aromatic carbocycles. The van der Waals surface area contributed by atoms with Crippen molar-refractivity contribution in [3.63, 3.8) is 0 Å². The lowest BCUT2D eigenvalue weighted by Crippen LogP contribution is -2.33. The van der Waals surface area contributed by atoms with Gasteiger partial charge in [0.05, 0.1) is 7.11 Å². The van der Waals surface area contributed by atoms with Gasteiger partial charge < -0.3 is 10.5 Å². The number of carbonyl (C=O) groups excluding carboxylic acids is 1. The summed E-state index contributed by atoms with van der Waals surface area (Å²) in [6.45, 7) is 4.15. The average molecular weight is 159 g/mol. The zero-order chi connectivity index (χ0) is 8.85. The van der Waals surface area contributed by atoms with Crippen LogP contribution in [0.3, 0.4) is 0 Å². The number of carbonyl (C=O) groups is 1. The number of methoxy groups -OCH3 is 1. The van der Waals surface area contributed by atoms with Crippen molar-refractivity contribution < 1.29 is 9.53 Å². The van der Waals surface area contributed by atoms with Gasteiger partial charge >= 0.3 is 5.97 Å². The number of hydrogen-bond acceptors (Lipinski definition) is 3. The molecule has 2 N–H and O–H groups in total. The Bertz CT molecular complexity index is 125. The molecule has 0 aliphatic carbocycles. The fourth-order valence-electron chi connectivity index (χ4n) is 0.848. The standard InChI is InChI=1S/C8H17NO2/c1-4-6(2)5-7(9)8(10)11-3/h6-7H,4-5,9H2,1-3H3/t6-,7-/m1/s1. The van der Waals surface area contributed by atoms with E-state index in [-0.39, 0.29) is 5.97 Å². The third-order valence-electron chi connectivity index (χ3n) is 1.86. The summed E-state index contributed by atoms with van der Waals surface area (Å²) in [6.07, 6.45) is 1.76. The minimum Gasteiger partial charge on any atom is -0.468 e. The second-order valence-electron chi connectivity index (χ2n) is 2.88. The van der Waals surface area contributed by atoms with Crippen LogP contribution in [0.1, 0.15) is 26.7 Å². The van der Waals surface area contributed by atoms with Gasteiger partial charge in [0.2, 0.25) is 0 Å². The lowest BCUT2D eigenvalue weighted by atomic mass is 10.0. The van der Waals surface area contributed by atoms with Crippen molar-refractivity contribution >= 4 is 5.97 Å². The summed E-state index contributed by atoms with van der Waals surface area (Å²) in [4.78, 5) is 10.8. The van der Waals surface area contributed by atoms with Crippen LogP contribution in [0.2, 0.25) is 0 Å². The van der Waals surface area contributed by atoms with Crippen molar-refractivity contribution in [2.45, 2.75) is 32.7 Å². The zero-order valence-corrected chi connectivity index (χ0v) is 7.46. The van der Waals surface area contributed by atoms with E-state index in [2.05, 4.69) is 18.6 Å². The predicted octanol–water partition coefficient (Wildman–Crippen LogP) is 0.923. The zero-order valence-electron chi connectivity index (χ0n) is 7.46. The Morgan fingerprint density at radius 3 is 2.55 bits per heavy atom. The van der Waals surface area contributed by atoms with Gasteiger partial charge in [0.15, 0.2) is 0 Å². The summed E-state index contributed by atoms with van der Waals surface area (Å²) in [5.41, 5.74) is 5.53. The molecule has 0 aromatic heterocycles. The van der Waals surface area contributed by atoms with Crippen molar-refractivity contribution in [1.29, 1.82) is 0 Å². The Labute approximate surface area is 67.9 Å². The molecule has 0 fully saturated rings. The highest BCUT2D eigenvalue weighted by molar-refractivity contribution is 5.75. The molecule has 0 spiro atoms. The minimum absolute atomic E-state index is 0.315. The van der Waals surface area contributed by atoms with Crippen LogP contribution in [0.4, 0.5) is 0 Å². The van der Waals surface area contributed by atoms with E-state index in [1.54, 1.807) is 0 Å². The van der Waals surface area contributed by atoms with Crippen LogP contribution >= 0.6 is 0 Å². The summed E-state index contributed by atoms with van der Waals surface area (Å²) in [7, 11) is 1.36. The maximum Gasteiger partial charge on any atom is 0.322 e. The van der Waals surface area contributed by atoms with Crippen LogP contribution in [0, 0.1) is 5.92 Å². The van der Waals surface area contributed by atoms with Gasteiger partial charge in [-0.1, -0.05) is 20.3 Å². The van der Waals surface area contributed by atoms with Gasteiger partial charge in [-0.05, 0) is 12.3 Å². The van der Waals surface area contributed by atoms with Crippen molar-refractivity contribution in [1.82, 2.24) is 0 Å². The largest absolute Gasteiger partial charge is 0.468 e. The van der Waals surface area contributed by atoms with Crippen molar-refractivity contribution in [3.05, 3.63) is 0 Å². The van der Waals surface area contributed by atoms with Crippen LogP contribution in [-0.2, 0) is 9.53 Å². The number of rotatable bonds is 4. The molecule has 11 heavy (non-hydrogen) atoms. The van der Waals surface area contributed by atoms with Gasteiger partial charge in [0.1, 0.15) is 6.04 Å². The van der Waals surface area contributed by atoms with Gasteiger partial charge in [-0.25, -0.2) is 0 Å². The van der Waals surface area contributed by atoms with Crippen molar-refractivity contribution in [2.24, 2.45) is 11.7 Å². The van der Waals surface area contributed by atoms with E-state index >= 15 is 0 Å². The molecule has 66 valence electrons. The van der Waals surface area contributed by atoms with E-state index in [4.69, 9.17) is 5.73 Å². The number of nitrogens with two attached hydrogens (primary N) is 1. The molecule has 0 radical (unpaired) electrons. The topological polar surface area (TPSA) is 52.3 Å². The molecule has 0 rings (SSSR count). The Morgan fingerprint density at radius 1 is 1.64 bits per heavy atom. The van der Waals surface area contributed by atoms with Crippen LogP contribution in [0.5, 0.6) is 0 Å². The molecule has 0 aliphatic heterocycles. The van der Waals surface area contributed by atoms with Gasteiger partial charge in [-0.15, -0.1) is 0 Å². The summed E-state index contributed by atoms with van der Waals surface area (Å²) < 4.78 is 4.49. The van der Waals surface area contributed by atoms with E-state index in [1.807, 2.05) is 0 Å². The van der Waals surface area contributed by atoms with Gasteiger partial charge in [-0.3, -0.25) is 4.79 Å². The lowest BCUT2D eigenvalue weighted by Gasteiger charge is -2.12. The third kappa shape index (κ3) is 3.98. The molecular weight excluding hydrogens is 142 g/mol. The van der Waals surface area contributed by atoms with Crippen molar-refractivity contribution in [3.8, 4) is 0 Å². The van der Waals surface area contributed by atoms with E-state index in [9.17, 15) is 4.79 Å². The maximum absolute atomic E-state index is 10.8. The monoisotopic (exact) mass is 159 g/mol. The van der Waals surface area contributed by atoms with Crippen LogP contribution in [-0.4, -0.2) is 19.1 Å². The molecular formula is C8H17NO2. The van der Waals surface area contributed by atoms with Gasteiger partial charge in [0.25, 0.3) is 0 Å². The Morgan fingerprint density at radius 2 is 2.18 bits per heavy atom. The number of hydrogen-bond donors (Lipinski definition) is 1. The fourth-order valence-corrected chi connectivity index (χ4v) is 0.848. The molecule has 3 heteroatoms. The first kappa shape index (κ1) is 10.4. The van der Waals surface area contributed by atoms with Crippen LogP contribution < -0.4 is 5.73 Å². The van der Waals surface area contributed by atoms with E-state index in [0.717, 1.165) is 6.42 Å². The van der Waals surface area contributed by atoms with Crippen LogP contribution in [0.15, 0.2) is 0 Å². The summed E-state index contributed by atoms with van der Waals surface area (Å²) in [5.74, 6) is 0.175. The van der Waals surface area contributed by atoms with E-state index in [0.29, 0.717) is 12.3 Å². The third-order valence-corrected chi connectivity index (χ3v) is 1.86. The second kappa shape index (κ2) is 5.13.